The fourth-order valence-corrected chi connectivity index (χ4v) is 2.05. The molecule has 0 aromatic carbocycles. The molecule has 1 aromatic rings. The van der Waals surface area contributed by atoms with Crippen LogP contribution in [0.2, 0.25) is 0 Å². The fourth-order valence-electron chi connectivity index (χ4n) is 1.10. The topological polar surface area (TPSA) is 127 Å². The quantitative estimate of drug-likeness (QED) is 0.518. The van der Waals surface area contributed by atoms with Gasteiger partial charge in [0.2, 0.25) is 16.0 Å². The lowest BCUT2D eigenvalue weighted by molar-refractivity contribution is -0.385. The summed E-state index contributed by atoms with van der Waals surface area (Å²) in [4.78, 5) is 17.1. The number of sulfonamides is 1. The first-order valence-electron chi connectivity index (χ1n) is 5.12. The lowest BCUT2D eigenvalue weighted by atomic mass is 10.5. The molecule has 2 N–H and O–H groups in total. The summed E-state index contributed by atoms with van der Waals surface area (Å²) >= 11 is 0. The molecule has 100 valence electrons. The van der Waals surface area contributed by atoms with Crippen LogP contribution in [-0.2, 0) is 10.0 Å². The van der Waals surface area contributed by atoms with E-state index in [0.29, 0.717) is 6.54 Å². The van der Waals surface area contributed by atoms with Crippen molar-refractivity contribution in [2.24, 2.45) is 0 Å². The Labute approximate surface area is 104 Å². The van der Waals surface area contributed by atoms with E-state index in [9.17, 15) is 18.5 Å². The molecule has 0 saturated heterocycles. The molecule has 0 aliphatic rings. The minimum absolute atomic E-state index is 0.118. The van der Waals surface area contributed by atoms with Gasteiger partial charge in [0.15, 0.2) is 0 Å². The van der Waals surface area contributed by atoms with E-state index in [-0.39, 0.29) is 23.9 Å². The van der Waals surface area contributed by atoms with Gasteiger partial charge >= 0.3 is 5.69 Å². The molecule has 0 aliphatic heterocycles. The number of hydrogen-bond donors (Lipinski definition) is 2. The molecule has 0 aliphatic carbocycles. The van der Waals surface area contributed by atoms with E-state index in [1.165, 1.54) is 0 Å². The maximum Gasteiger partial charge on any atom is 0.305 e. The third-order valence-electron chi connectivity index (χ3n) is 1.87. The Morgan fingerprint density at radius 1 is 1.39 bits per heavy atom. The third kappa shape index (κ3) is 4.59. The maximum absolute atomic E-state index is 11.3. The van der Waals surface area contributed by atoms with E-state index in [1.54, 1.807) is 6.92 Å². The highest BCUT2D eigenvalue weighted by molar-refractivity contribution is 7.89. The summed E-state index contributed by atoms with van der Waals surface area (Å²) < 4.78 is 24.9. The highest BCUT2D eigenvalue weighted by Crippen LogP contribution is 2.07. The minimum Gasteiger partial charge on any atom is -0.353 e. The van der Waals surface area contributed by atoms with Crippen LogP contribution in [0.5, 0.6) is 0 Å². The largest absolute Gasteiger partial charge is 0.353 e. The molecule has 10 heteroatoms. The molecule has 0 atom stereocenters. The van der Waals surface area contributed by atoms with Crippen LogP contribution >= 0.6 is 0 Å². The van der Waals surface area contributed by atoms with Crippen LogP contribution in [0.25, 0.3) is 0 Å². The maximum atomic E-state index is 11.3. The standard InChI is InChI=1S/C8H13N5O4S/c1-2-12-18(16,17)4-3-9-8-10-5-7(6-11-8)13(14)15/h5-6,12H,2-4H2,1H3,(H,9,10,11). The number of hydrogen-bond acceptors (Lipinski definition) is 7. The van der Waals surface area contributed by atoms with Gasteiger partial charge in [0.05, 0.1) is 10.7 Å². The van der Waals surface area contributed by atoms with Gasteiger partial charge in [0, 0.05) is 13.1 Å². The Morgan fingerprint density at radius 3 is 2.50 bits per heavy atom. The van der Waals surface area contributed by atoms with Crippen molar-refractivity contribution in [2.75, 3.05) is 24.2 Å². The summed E-state index contributed by atoms with van der Waals surface area (Å²) in [5, 5.41) is 13.0. The SMILES string of the molecule is CCNS(=O)(=O)CCNc1ncc([N+](=O)[O-])cn1. The highest BCUT2D eigenvalue weighted by Gasteiger charge is 2.09. The molecule has 0 spiro atoms. The van der Waals surface area contributed by atoms with Gasteiger partial charge in [-0.05, 0) is 0 Å². The molecule has 0 saturated carbocycles. The van der Waals surface area contributed by atoms with E-state index in [0.717, 1.165) is 12.4 Å². The second-order valence-corrected chi connectivity index (χ2v) is 5.19. The lowest BCUT2D eigenvalue weighted by Crippen LogP contribution is -2.29. The molecule has 0 fully saturated rings. The van der Waals surface area contributed by atoms with Crippen molar-refractivity contribution >= 4 is 21.7 Å². The monoisotopic (exact) mass is 275 g/mol. The number of nitro groups is 1. The Morgan fingerprint density at radius 2 is 2.00 bits per heavy atom. The summed E-state index contributed by atoms with van der Waals surface area (Å²) in [5.74, 6) is 0.0218. The zero-order chi connectivity index (χ0) is 13.6. The smallest absolute Gasteiger partial charge is 0.305 e. The van der Waals surface area contributed by atoms with Crippen LogP contribution in [0.3, 0.4) is 0 Å². The molecule has 1 heterocycles. The van der Waals surface area contributed by atoms with Gasteiger partial charge in [-0.25, -0.2) is 23.1 Å². The van der Waals surface area contributed by atoms with Crippen molar-refractivity contribution in [3.05, 3.63) is 22.5 Å². The van der Waals surface area contributed by atoms with Crippen LogP contribution < -0.4 is 10.0 Å². The van der Waals surface area contributed by atoms with Crippen LogP contribution in [0.1, 0.15) is 6.92 Å². The summed E-state index contributed by atoms with van der Waals surface area (Å²) in [7, 11) is -3.30. The van der Waals surface area contributed by atoms with Crippen LogP contribution in [-0.4, -0.2) is 42.2 Å². The molecular weight excluding hydrogens is 262 g/mol. The van der Waals surface area contributed by atoms with Crippen molar-refractivity contribution in [3.63, 3.8) is 0 Å². The molecule has 0 amide bonds. The summed E-state index contributed by atoms with van der Waals surface area (Å²) in [6.07, 6.45) is 2.10. The van der Waals surface area contributed by atoms with E-state index < -0.39 is 14.9 Å². The number of nitrogens with zero attached hydrogens (tertiary/aromatic N) is 3. The molecule has 0 unspecified atom stereocenters. The second-order valence-electron chi connectivity index (χ2n) is 3.27. The normalized spacial score (nSPS) is 11.2. The third-order valence-corrected chi connectivity index (χ3v) is 3.34. The Bertz CT molecular complexity index is 501. The molecule has 0 radical (unpaired) electrons. The van der Waals surface area contributed by atoms with Gasteiger partial charge in [-0.3, -0.25) is 10.1 Å². The van der Waals surface area contributed by atoms with Crippen LogP contribution in [0.4, 0.5) is 11.6 Å². The van der Waals surface area contributed by atoms with Gasteiger partial charge in [0.1, 0.15) is 12.4 Å². The summed E-state index contributed by atoms with van der Waals surface area (Å²) in [5.41, 5.74) is -0.221. The predicted molar refractivity (Wildman–Crippen MR) is 64.6 cm³/mol. The van der Waals surface area contributed by atoms with E-state index in [1.807, 2.05) is 0 Å². The Kier molecular flexibility index (Phi) is 4.92. The molecule has 1 rings (SSSR count). The van der Waals surface area contributed by atoms with Gasteiger partial charge in [-0.15, -0.1) is 0 Å². The zero-order valence-corrected chi connectivity index (χ0v) is 10.5. The van der Waals surface area contributed by atoms with Crippen molar-refractivity contribution < 1.29 is 13.3 Å². The Balaban J connectivity index is 2.47. The van der Waals surface area contributed by atoms with Crippen LogP contribution in [0.15, 0.2) is 12.4 Å². The fraction of sp³-hybridized carbons (Fsp3) is 0.500. The first kappa shape index (κ1) is 14.3. The van der Waals surface area contributed by atoms with Crippen molar-refractivity contribution in [2.45, 2.75) is 6.92 Å². The van der Waals surface area contributed by atoms with Gasteiger partial charge in [-0.1, -0.05) is 6.92 Å². The molecule has 9 nitrogen and oxygen atoms in total. The second kappa shape index (κ2) is 6.21. The van der Waals surface area contributed by atoms with Crippen LogP contribution in [0, 0.1) is 10.1 Å². The van der Waals surface area contributed by atoms with Crippen molar-refractivity contribution in [1.29, 1.82) is 0 Å². The lowest BCUT2D eigenvalue weighted by Gasteiger charge is -2.05. The summed E-state index contributed by atoms with van der Waals surface area (Å²) in [6.45, 7) is 2.13. The average Bonchev–Trinajstić information content (AvgIpc) is 2.29. The van der Waals surface area contributed by atoms with Gasteiger partial charge in [0.25, 0.3) is 0 Å². The number of nitrogens with one attached hydrogen (secondary N) is 2. The minimum atomic E-state index is -3.30. The predicted octanol–water partition coefficient (Wildman–Crippen LogP) is -0.264. The van der Waals surface area contributed by atoms with E-state index >= 15 is 0 Å². The molecular formula is C8H13N5O4S. The van der Waals surface area contributed by atoms with Crippen molar-refractivity contribution in [1.82, 2.24) is 14.7 Å². The first-order chi connectivity index (χ1) is 8.44. The van der Waals surface area contributed by atoms with Gasteiger partial charge in [-0.2, -0.15) is 0 Å². The average molecular weight is 275 g/mol. The molecule has 18 heavy (non-hydrogen) atoms. The zero-order valence-electron chi connectivity index (χ0n) is 9.66. The number of rotatable bonds is 7. The van der Waals surface area contributed by atoms with Crippen molar-refractivity contribution in [3.8, 4) is 0 Å². The molecule has 0 bridgehead atoms. The Hall–Kier alpha value is -1.81. The molecule has 1 aromatic heterocycles. The van der Waals surface area contributed by atoms with E-state index in [4.69, 9.17) is 0 Å². The summed E-state index contributed by atoms with van der Waals surface area (Å²) in [6, 6.07) is 0. The van der Waals surface area contributed by atoms with E-state index in [2.05, 4.69) is 20.0 Å². The first-order valence-corrected chi connectivity index (χ1v) is 6.77. The number of aromatic nitrogens is 2. The highest BCUT2D eigenvalue weighted by atomic mass is 32.2. The number of anilines is 1. The van der Waals surface area contributed by atoms with Gasteiger partial charge < -0.3 is 5.32 Å².